The van der Waals surface area contributed by atoms with Gasteiger partial charge in [0.25, 0.3) is 5.91 Å². The number of allylic oxidation sites excluding steroid dienone is 3. The van der Waals surface area contributed by atoms with E-state index >= 15 is 0 Å². The molecule has 0 saturated carbocycles. The van der Waals surface area contributed by atoms with Gasteiger partial charge in [0, 0.05) is 31.9 Å². The lowest BCUT2D eigenvalue weighted by Crippen LogP contribution is -2.49. The zero-order chi connectivity index (χ0) is 12.3. The minimum Gasteiger partial charge on any atom is -0.368 e. The van der Waals surface area contributed by atoms with Gasteiger partial charge in [0.2, 0.25) is 0 Å². The quantitative estimate of drug-likeness (QED) is 0.734. The smallest absolute Gasteiger partial charge is 0.315 e. The van der Waals surface area contributed by atoms with Crippen molar-refractivity contribution in [2.45, 2.75) is 19.3 Å². The van der Waals surface area contributed by atoms with E-state index in [9.17, 15) is 13.6 Å². The number of halogens is 2. The van der Waals surface area contributed by atoms with Crippen LogP contribution in [-0.4, -0.2) is 48.3 Å². The Hall–Kier alpha value is -1.39. The Morgan fingerprint density at radius 3 is 2.41 bits per heavy atom. The Bertz CT molecular complexity index is 344. The molecule has 1 fully saturated rings. The van der Waals surface area contributed by atoms with Crippen molar-refractivity contribution in [2.24, 2.45) is 0 Å². The van der Waals surface area contributed by atoms with Crippen LogP contribution in [0.1, 0.15) is 12.8 Å². The highest BCUT2D eigenvalue weighted by Gasteiger charge is 2.27. The number of amides is 1. The zero-order valence-corrected chi connectivity index (χ0v) is 9.61. The normalized spacial score (nSPS) is 20.8. The SMILES string of the molecule is O=C(C(F)F)N1CCN(C2=CCCC=C2)CC1. The molecule has 0 spiro atoms. The van der Waals surface area contributed by atoms with E-state index in [-0.39, 0.29) is 0 Å². The summed E-state index contributed by atoms with van der Waals surface area (Å²) in [5, 5.41) is 0. The van der Waals surface area contributed by atoms with Crippen LogP contribution < -0.4 is 0 Å². The Balaban J connectivity index is 1.88. The fourth-order valence-corrected chi connectivity index (χ4v) is 2.16. The second kappa shape index (κ2) is 5.29. The van der Waals surface area contributed by atoms with Gasteiger partial charge in [-0.1, -0.05) is 12.2 Å². The Morgan fingerprint density at radius 2 is 1.88 bits per heavy atom. The number of nitrogens with zero attached hydrogens (tertiary/aromatic N) is 2. The summed E-state index contributed by atoms with van der Waals surface area (Å²) in [6.45, 7) is 2.03. The van der Waals surface area contributed by atoms with Crippen molar-refractivity contribution in [1.82, 2.24) is 9.80 Å². The average Bonchev–Trinajstić information content (AvgIpc) is 2.39. The van der Waals surface area contributed by atoms with Gasteiger partial charge in [-0.05, 0) is 18.9 Å². The minimum absolute atomic E-state index is 0.383. The first-order valence-corrected chi connectivity index (χ1v) is 5.87. The molecule has 5 heteroatoms. The lowest BCUT2D eigenvalue weighted by atomic mass is 10.1. The summed E-state index contributed by atoms with van der Waals surface area (Å²) < 4.78 is 24.5. The first-order chi connectivity index (χ1) is 8.18. The second-order valence-corrected chi connectivity index (χ2v) is 4.22. The molecule has 1 aliphatic carbocycles. The highest BCUT2D eigenvalue weighted by molar-refractivity contribution is 5.79. The first-order valence-electron chi connectivity index (χ1n) is 5.87. The van der Waals surface area contributed by atoms with Gasteiger partial charge in [-0.3, -0.25) is 4.79 Å². The summed E-state index contributed by atoms with van der Waals surface area (Å²) in [7, 11) is 0. The van der Waals surface area contributed by atoms with Crippen molar-refractivity contribution in [3.05, 3.63) is 23.9 Å². The van der Waals surface area contributed by atoms with Gasteiger partial charge in [-0.25, -0.2) is 0 Å². The molecule has 0 bridgehead atoms. The molecule has 2 aliphatic rings. The number of carbonyl (C=O) groups excluding carboxylic acids is 1. The molecular weight excluding hydrogens is 226 g/mol. The van der Waals surface area contributed by atoms with Crippen molar-refractivity contribution in [2.75, 3.05) is 26.2 Å². The fourth-order valence-electron chi connectivity index (χ4n) is 2.16. The third-order valence-corrected chi connectivity index (χ3v) is 3.12. The van der Waals surface area contributed by atoms with Crippen molar-refractivity contribution < 1.29 is 13.6 Å². The molecule has 0 unspecified atom stereocenters. The van der Waals surface area contributed by atoms with E-state index < -0.39 is 12.3 Å². The predicted octanol–water partition coefficient (Wildman–Crippen LogP) is 1.63. The molecule has 94 valence electrons. The van der Waals surface area contributed by atoms with Crippen LogP contribution in [0.15, 0.2) is 23.9 Å². The third-order valence-electron chi connectivity index (χ3n) is 3.12. The lowest BCUT2D eigenvalue weighted by Gasteiger charge is -2.37. The van der Waals surface area contributed by atoms with Crippen LogP contribution in [0.4, 0.5) is 8.78 Å². The van der Waals surface area contributed by atoms with Crippen LogP contribution in [0, 0.1) is 0 Å². The van der Waals surface area contributed by atoms with Crippen molar-refractivity contribution >= 4 is 5.91 Å². The molecule has 0 radical (unpaired) electrons. The van der Waals surface area contributed by atoms with Crippen LogP contribution in [-0.2, 0) is 4.79 Å². The zero-order valence-electron chi connectivity index (χ0n) is 9.61. The molecule has 17 heavy (non-hydrogen) atoms. The molecule has 0 aromatic rings. The molecule has 1 aliphatic heterocycles. The highest BCUT2D eigenvalue weighted by Crippen LogP contribution is 2.17. The molecule has 0 aromatic heterocycles. The molecule has 0 aromatic carbocycles. The van der Waals surface area contributed by atoms with E-state index in [2.05, 4.69) is 23.1 Å². The summed E-state index contributed by atoms with van der Waals surface area (Å²) >= 11 is 0. The molecule has 1 saturated heterocycles. The van der Waals surface area contributed by atoms with Gasteiger partial charge < -0.3 is 9.80 Å². The molecule has 0 N–H and O–H groups in total. The van der Waals surface area contributed by atoms with E-state index in [0.717, 1.165) is 18.5 Å². The maximum atomic E-state index is 12.2. The minimum atomic E-state index is -2.88. The fraction of sp³-hybridized carbons (Fsp3) is 0.583. The maximum absolute atomic E-state index is 12.2. The maximum Gasteiger partial charge on any atom is 0.315 e. The van der Waals surface area contributed by atoms with Gasteiger partial charge in [-0.2, -0.15) is 8.78 Å². The monoisotopic (exact) mass is 242 g/mol. The van der Waals surface area contributed by atoms with Crippen LogP contribution in [0.5, 0.6) is 0 Å². The lowest BCUT2D eigenvalue weighted by molar-refractivity contribution is -0.144. The Kier molecular flexibility index (Phi) is 3.76. The van der Waals surface area contributed by atoms with E-state index in [0.29, 0.717) is 26.2 Å². The Labute approximate surface area is 99.4 Å². The number of hydrogen-bond donors (Lipinski definition) is 0. The van der Waals surface area contributed by atoms with E-state index in [1.165, 1.54) is 4.90 Å². The van der Waals surface area contributed by atoms with Crippen molar-refractivity contribution in [1.29, 1.82) is 0 Å². The molecule has 0 atom stereocenters. The van der Waals surface area contributed by atoms with E-state index in [4.69, 9.17) is 0 Å². The van der Waals surface area contributed by atoms with Crippen LogP contribution in [0.25, 0.3) is 0 Å². The van der Waals surface area contributed by atoms with Gasteiger partial charge in [0.15, 0.2) is 0 Å². The van der Waals surface area contributed by atoms with Gasteiger partial charge in [-0.15, -0.1) is 0 Å². The molecular formula is C12H16F2N2O. The van der Waals surface area contributed by atoms with Crippen LogP contribution >= 0.6 is 0 Å². The predicted molar refractivity (Wildman–Crippen MR) is 60.6 cm³/mol. The van der Waals surface area contributed by atoms with Crippen molar-refractivity contribution in [3.63, 3.8) is 0 Å². The average molecular weight is 242 g/mol. The van der Waals surface area contributed by atoms with Crippen LogP contribution in [0.2, 0.25) is 0 Å². The summed E-state index contributed by atoms with van der Waals surface area (Å²) in [5.41, 5.74) is 1.15. The van der Waals surface area contributed by atoms with Gasteiger partial charge in [0.1, 0.15) is 0 Å². The standard InChI is InChI=1S/C12H16F2N2O/c13-11(14)12(17)16-8-6-15(7-9-16)10-4-2-1-3-5-10/h2,4-5,11H,1,3,6-9H2. The molecule has 3 nitrogen and oxygen atoms in total. The molecule has 1 amide bonds. The van der Waals surface area contributed by atoms with Crippen molar-refractivity contribution in [3.8, 4) is 0 Å². The summed E-state index contributed by atoms with van der Waals surface area (Å²) in [5.74, 6) is -1.04. The summed E-state index contributed by atoms with van der Waals surface area (Å²) in [6.07, 6.45) is 5.55. The number of alkyl halides is 2. The molecule has 2 rings (SSSR count). The Morgan fingerprint density at radius 1 is 1.18 bits per heavy atom. The molecule has 1 heterocycles. The summed E-state index contributed by atoms with van der Waals surface area (Å²) in [6, 6.07) is 0. The number of piperazine rings is 1. The highest BCUT2D eigenvalue weighted by atomic mass is 19.3. The second-order valence-electron chi connectivity index (χ2n) is 4.22. The van der Waals surface area contributed by atoms with E-state index in [1.54, 1.807) is 0 Å². The van der Waals surface area contributed by atoms with Crippen LogP contribution in [0.3, 0.4) is 0 Å². The van der Waals surface area contributed by atoms with Gasteiger partial charge in [0.05, 0.1) is 0 Å². The largest absolute Gasteiger partial charge is 0.368 e. The number of rotatable bonds is 2. The first kappa shape index (κ1) is 12.1. The number of carbonyl (C=O) groups is 1. The third kappa shape index (κ3) is 2.84. The van der Waals surface area contributed by atoms with Gasteiger partial charge >= 0.3 is 6.43 Å². The topological polar surface area (TPSA) is 23.6 Å². The summed E-state index contributed by atoms with van der Waals surface area (Å²) in [4.78, 5) is 14.5. The number of hydrogen-bond acceptors (Lipinski definition) is 2. The van der Waals surface area contributed by atoms with E-state index in [1.807, 2.05) is 0 Å².